The third kappa shape index (κ3) is 6.48. The smallest absolute Gasteiger partial charge is 0.362 e. The van der Waals surface area contributed by atoms with Crippen molar-refractivity contribution in [1.82, 2.24) is 0 Å². The molecule has 7 nitrogen and oxygen atoms in total. The van der Waals surface area contributed by atoms with Gasteiger partial charge < -0.3 is 15.3 Å². The van der Waals surface area contributed by atoms with Crippen LogP contribution in [0.4, 0.5) is 0 Å². The third-order valence-corrected chi connectivity index (χ3v) is 5.66. The summed E-state index contributed by atoms with van der Waals surface area (Å²) in [6, 6.07) is -3.16. The number of nitrogens with zero attached hydrogens (tertiary/aromatic N) is 1. The van der Waals surface area contributed by atoms with E-state index >= 15 is 0 Å². The molecule has 0 radical (unpaired) electrons. The number of carboxylic acids is 3. The average molecular weight is 389 g/mol. The average Bonchev–Trinajstić information content (AvgIpc) is 2.58. The van der Waals surface area contributed by atoms with Crippen LogP contribution in [0, 0.1) is 0 Å². The second kappa shape index (κ2) is 12.7. The SMILES string of the molecule is CCCCCCCC[N+](C(CC)C(=O)O)(C(CC)C(=O)O)C(CC)C(=O)O. The molecule has 0 fully saturated rings. The minimum absolute atomic E-state index is 0.193. The van der Waals surface area contributed by atoms with E-state index in [-0.39, 0.29) is 25.8 Å². The highest BCUT2D eigenvalue weighted by molar-refractivity contribution is 5.78. The van der Waals surface area contributed by atoms with Crippen LogP contribution >= 0.6 is 0 Å². The summed E-state index contributed by atoms with van der Waals surface area (Å²) < 4.78 is -0.405. The first-order chi connectivity index (χ1) is 12.7. The van der Waals surface area contributed by atoms with Crippen LogP contribution in [0.3, 0.4) is 0 Å². The van der Waals surface area contributed by atoms with Gasteiger partial charge in [0.2, 0.25) is 0 Å². The maximum atomic E-state index is 12.0. The van der Waals surface area contributed by atoms with Gasteiger partial charge >= 0.3 is 17.9 Å². The molecule has 0 heterocycles. The number of aliphatic carboxylic acids is 3. The summed E-state index contributed by atoms with van der Waals surface area (Å²) >= 11 is 0. The zero-order valence-corrected chi connectivity index (χ0v) is 17.3. The third-order valence-electron chi connectivity index (χ3n) is 5.66. The van der Waals surface area contributed by atoms with Gasteiger partial charge in [-0.05, 0) is 12.8 Å². The maximum Gasteiger partial charge on any atom is 0.362 e. The molecule has 0 spiro atoms. The number of hydrogen-bond donors (Lipinski definition) is 3. The molecule has 158 valence electrons. The van der Waals surface area contributed by atoms with Gasteiger partial charge in [-0.25, -0.2) is 14.4 Å². The highest BCUT2D eigenvalue weighted by Gasteiger charge is 2.55. The van der Waals surface area contributed by atoms with E-state index in [1.807, 2.05) is 0 Å². The lowest BCUT2D eigenvalue weighted by atomic mass is 9.94. The summed E-state index contributed by atoms with van der Waals surface area (Å²) in [4.78, 5) is 36.1. The quantitative estimate of drug-likeness (QED) is 0.274. The number of unbranched alkanes of at least 4 members (excludes halogenated alkanes) is 5. The lowest BCUT2D eigenvalue weighted by Crippen LogP contribution is -2.72. The summed E-state index contributed by atoms with van der Waals surface area (Å²) in [6.07, 6.45) is 6.38. The summed E-state index contributed by atoms with van der Waals surface area (Å²) in [5.74, 6) is -3.37. The summed E-state index contributed by atoms with van der Waals surface area (Å²) in [7, 11) is 0. The Kier molecular flexibility index (Phi) is 11.9. The van der Waals surface area contributed by atoms with Crippen molar-refractivity contribution in [3.63, 3.8) is 0 Å². The van der Waals surface area contributed by atoms with E-state index in [9.17, 15) is 29.7 Å². The molecule has 0 saturated heterocycles. The molecule has 0 aliphatic heterocycles. The zero-order chi connectivity index (χ0) is 21.0. The van der Waals surface area contributed by atoms with Crippen molar-refractivity contribution >= 4 is 17.9 Å². The lowest BCUT2D eigenvalue weighted by molar-refractivity contribution is -0.973. The standard InChI is InChI=1S/C20H37NO6/c1-5-9-10-11-12-13-14-21(15(6-2)18(22)23,16(7-3)19(24)25)17(8-4)20(26)27/h15-17H,5-14H2,1-4H3,(H2-,22,23,24,25,26,27)/p+1. The van der Waals surface area contributed by atoms with E-state index in [4.69, 9.17) is 0 Å². The predicted molar refractivity (Wildman–Crippen MR) is 104 cm³/mol. The molecule has 0 aliphatic rings. The van der Waals surface area contributed by atoms with Gasteiger partial charge in [0, 0.05) is 19.3 Å². The fraction of sp³-hybridized carbons (Fsp3) is 0.850. The molecule has 0 aromatic carbocycles. The van der Waals surface area contributed by atoms with Crippen molar-refractivity contribution in [2.24, 2.45) is 0 Å². The first kappa shape index (κ1) is 25.4. The molecule has 7 heteroatoms. The van der Waals surface area contributed by atoms with Crippen LogP contribution in [0.5, 0.6) is 0 Å². The summed E-state index contributed by atoms with van der Waals surface area (Å²) in [6.45, 7) is 7.45. The second-order valence-corrected chi connectivity index (χ2v) is 7.27. The molecule has 0 aliphatic carbocycles. The van der Waals surface area contributed by atoms with Crippen LogP contribution in [0.1, 0.15) is 85.5 Å². The Morgan fingerprint density at radius 2 is 0.963 bits per heavy atom. The first-order valence-electron chi connectivity index (χ1n) is 10.3. The van der Waals surface area contributed by atoms with Gasteiger partial charge in [-0.3, -0.25) is 4.48 Å². The van der Waals surface area contributed by atoms with Gasteiger partial charge in [-0.1, -0.05) is 53.4 Å². The molecule has 0 aromatic rings. The number of carbonyl (C=O) groups is 3. The second-order valence-electron chi connectivity index (χ2n) is 7.27. The van der Waals surface area contributed by atoms with Crippen LogP contribution in [0.25, 0.3) is 0 Å². The number of hydrogen-bond acceptors (Lipinski definition) is 3. The Morgan fingerprint density at radius 3 is 1.26 bits per heavy atom. The van der Waals surface area contributed by atoms with Crippen molar-refractivity contribution in [3.05, 3.63) is 0 Å². The van der Waals surface area contributed by atoms with E-state index in [1.54, 1.807) is 20.8 Å². The van der Waals surface area contributed by atoms with E-state index < -0.39 is 40.5 Å². The van der Waals surface area contributed by atoms with E-state index in [2.05, 4.69) is 6.92 Å². The Hall–Kier alpha value is -1.63. The van der Waals surface area contributed by atoms with Crippen molar-refractivity contribution in [3.8, 4) is 0 Å². The minimum atomic E-state index is -1.12. The molecule has 3 atom stereocenters. The maximum absolute atomic E-state index is 12.0. The molecule has 3 N–H and O–H groups in total. The monoisotopic (exact) mass is 388 g/mol. The largest absolute Gasteiger partial charge is 0.477 e. The van der Waals surface area contributed by atoms with Crippen molar-refractivity contribution in [1.29, 1.82) is 0 Å². The molecule has 3 unspecified atom stereocenters. The minimum Gasteiger partial charge on any atom is -0.477 e. The van der Waals surface area contributed by atoms with Gasteiger partial charge in [0.05, 0.1) is 6.54 Å². The normalized spacial score (nSPS) is 16.9. The molecule has 0 bridgehead atoms. The summed E-state index contributed by atoms with van der Waals surface area (Å²) in [5, 5.41) is 29.5. The van der Waals surface area contributed by atoms with Crippen LogP contribution in [-0.2, 0) is 14.4 Å². The van der Waals surface area contributed by atoms with Gasteiger partial charge in [0.25, 0.3) is 0 Å². The molecular formula is C20H38NO6+. The molecule has 0 saturated carbocycles. The van der Waals surface area contributed by atoms with Crippen molar-refractivity contribution in [2.75, 3.05) is 6.54 Å². The summed E-state index contributed by atoms with van der Waals surface area (Å²) in [5.41, 5.74) is 0. The first-order valence-corrected chi connectivity index (χ1v) is 10.3. The lowest BCUT2D eigenvalue weighted by Gasteiger charge is -2.49. The molecule has 0 amide bonds. The van der Waals surface area contributed by atoms with E-state index in [0.29, 0.717) is 6.42 Å². The Labute approximate surface area is 163 Å². The van der Waals surface area contributed by atoms with Crippen LogP contribution in [-0.4, -0.2) is 62.4 Å². The topological polar surface area (TPSA) is 112 Å². The number of rotatable bonds is 16. The fourth-order valence-electron chi connectivity index (χ4n) is 4.45. The van der Waals surface area contributed by atoms with Crippen LogP contribution in [0.15, 0.2) is 0 Å². The Bertz CT molecular complexity index is 424. The predicted octanol–water partition coefficient (Wildman–Crippen LogP) is 3.75. The van der Waals surface area contributed by atoms with Gasteiger partial charge in [-0.2, -0.15) is 0 Å². The Morgan fingerprint density at radius 1 is 0.630 bits per heavy atom. The van der Waals surface area contributed by atoms with Crippen molar-refractivity contribution < 1.29 is 34.2 Å². The van der Waals surface area contributed by atoms with E-state index in [0.717, 1.165) is 32.1 Å². The van der Waals surface area contributed by atoms with Crippen molar-refractivity contribution in [2.45, 2.75) is 104 Å². The van der Waals surface area contributed by atoms with Gasteiger partial charge in [0.15, 0.2) is 18.1 Å². The molecule has 0 aromatic heterocycles. The van der Waals surface area contributed by atoms with Crippen LogP contribution in [0.2, 0.25) is 0 Å². The van der Waals surface area contributed by atoms with E-state index in [1.165, 1.54) is 0 Å². The van der Waals surface area contributed by atoms with Crippen LogP contribution < -0.4 is 0 Å². The highest BCUT2D eigenvalue weighted by Crippen LogP contribution is 2.32. The molecular weight excluding hydrogens is 350 g/mol. The molecule has 27 heavy (non-hydrogen) atoms. The zero-order valence-electron chi connectivity index (χ0n) is 17.3. The Balaban J connectivity index is 6.02. The van der Waals surface area contributed by atoms with Gasteiger partial charge in [-0.15, -0.1) is 0 Å². The number of quaternary nitrogens is 1. The highest BCUT2D eigenvalue weighted by atomic mass is 16.4. The fourth-order valence-corrected chi connectivity index (χ4v) is 4.45. The molecule has 0 rings (SSSR count). The van der Waals surface area contributed by atoms with Gasteiger partial charge in [0.1, 0.15) is 0 Å². The number of carboxylic acid groups (broad SMARTS) is 3.